The van der Waals surface area contributed by atoms with Gasteiger partial charge in [-0.05, 0) is 13.3 Å². The molecule has 0 aliphatic heterocycles. The standard InChI is InChI=1S/C8H15F2NO/c1-5(12)6(11)4-8(2,3)7(9)10/h6-7H,4,11H2,1-3H3/t6-/m0/s1. The molecule has 0 saturated carbocycles. The number of hydrogen-bond donors (Lipinski definition) is 1. The molecule has 0 aromatic rings. The van der Waals surface area contributed by atoms with Crippen LogP contribution in [0.1, 0.15) is 27.2 Å². The van der Waals surface area contributed by atoms with Crippen molar-refractivity contribution in [2.45, 2.75) is 39.7 Å². The lowest BCUT2D eigenvalue weighted by molar-refractivity contribution is -0.119. The molecule has 0 heterocycles. The van der Waals surface area contributed by atoms with Crippen molar-refractivity contribution in [3.8, 4) is 0 Å². The molecule has 12 heavy (non-hydrogen) atoms. The lowest BCUT2D eigenvalue weighted by Gasteiger charge is -2.25. The van der Waals surface area contributed by atoms with E-state index in [1.165, 1.54) is 20.8 Å². The highest BCUT2D eigenvalue weighted by atomic mass is 19.3. The number of halogens is 2. The minimum atomic E-state index is -2.44. The van der Waals surface area contributed by atoms with Gasteiger partial charge in [0.2, 0.25) is 6.43 Å². The Morgan fingerprint density at radius 1 is 1.50 bits per heavy atom. The number of rotatable bonds is 4. The molecule has 0 aromatic carbocycles. The van der Waals surface area contributed by atoms with Crippen molar-refractivity contribution in [3.05, 3.63) is 0 Å². The van der Waals surface area contributed by atoms with Gasteiger partial charge in [-0.3, -0.25) is 4.79 Å². The van der Waals surface area contributed by atoms with Crippen LogP contribution in [0.4, 0.5) is 8.78 Å². The number of hydrogen-bond acceptors (Lipinski definition) is 2. The monoisotopic (exact) mass is 179 g/mol. The summed E-state index contributed by atoms with van der Waals surface area (Å²) >= 11 is 0. The molecule has 0 amide bonds. The van der Waals surface area contributed by atoms with Crippen molar-refractivity contribution in [2.24, 2.45) is 11.1 Å². The van der Waals surface area contributed by atoms with Crippen molar-refractivity contribution < 1.29 is 13.6 Å². The summed E-state index contributed by atoms with van der Waals surface area (Å²) in [6, 6.07) is -0.769. The van der Waals surface area contributed by atoms with Gasteiger partial charge in [0, 0.05) is 5.41 Å². The number of alkyl halides is 2. The average molecular weight is 179 g/mol. The molecule has 0 saturated heterocycles. The number of carbonyl (C=O) groups is 1. The van der Waals surface area contributed by atoms with Crippen LogP contribution in [-0.4, -0.2) is 18.3 Å². The Balaban J connectivity index is 4.15. The number of carbonyl (C=O) groups excluding carboxylic acids is 1. The van der Waals surface area contributed by atoms with E-state index >= 15 is 0 Å². The van der Waals surface area contributed by atoms with Gasteiger partial charge in [0.05, 0.1) is 6.04 Å². The predicted molar refractivity (Wildman–Crippen MR) is 43.1 cm³/mol. The molecule has 2 N–H and O–H groups in total. The first kappa shape index (κ1) is 11.5. The van der Waals surface area contributed by atoms with Crippen LogP contribution in [-0.2, 0) is 4.79 Å². The molecule has 0 aromatic heterocycles. The molecule has 72 valence electrons. The maximum atomic E-state index is 12.3. The summed E-state index contributed by atoms with van der Waals surface area (Å²) in [6.07, 6.45) is -2.41. The Morgan fingerprint density at radius 3 is 2.17 bits per heavy atom. The van der Waals surface area contributed by atoms with Crippen LogP contribution in [0.3, 0.4) is 0 Å². The number of nitrogens with two attached hydrogens (primary N) is 1. The maximum absolute atomic E-state index is 12.3. The SMILES string of the molecule is CC(=O)[C@@H](N)CC(C)(C)C(F)F. The minimum Gasteiger partial charge on any atom is -0.321 e. The van der Waals surface area contributed by atoms with E-state index in [1.807, 2.05) is 0 Å². The van der Waals surface area contributed by atoms with E-state index in [4.69, 9.17) is 5.73 Å². The lowest BCUT2D eigenvalue weighted by atomic mass is 9.85. The van der Waals surface area contributed by atoms with Gasteiger partial charge in [-0.1, -0.05) is 13.8 Å². The third kappa shape index (κ3) is 3.26. The summed E-state index contributed by atoms with van der Waals surface area (Å²) in [5.41, 5.74) is 4.18. The number of ketones is 1. The lowest BCUT2D eigenvalue weighted by Crippen LogP contribution is -2.36. The largest absolute Gasteiger partial charge is 0.321 e. The van der Waals surface area contributed by atoms with Gasteiger partial charge in [0.1, 0.15) is 5.78 Å². The summed E-state index contributed by atoms with van der Waals surface area (Å²) in [4.78, 5) is 10.7. The zero-order chi connectivity index (χ0) is 9.94. The van der Waals surface area contributed by atoms with E-state index in [9.17, 15) is 13.6 Å². The molecular weight excluding hydrogens is 164 g/mol. The molecule has 1 atom stereocenters. The van der Waals surface area contributed by atoms with Crippen LogP contribution < -0.4 is 5.73 Å². The van der Waals surface area contributed by atoms with E-state index in [0.29, 0.717) is 0 Å². The Hall–Kier alpha value is -0.510. The third-order valence-electron chi connectivity index (χ3n) is 1.86. The molecule has 0 aliphatic rings. The fourth-order valence-electron chi connectivity index (χ4n) is 0.800. The van der Waals surface area contributed by atoms with Gasteiger partial charge in [-0.25, -0.2) is 8.78 Å². The first-order chi connectivity index (χ1) is 5.27. The molecule has 2 nitrogen and oxygen atoms in total. The van der Waals surface area contributed by atoms with E-state index in [0.717, 1.165) is 0 Å². The second kappa shape index (κ2) is 3.94. The first-order valence-electron chi connectivity index (χ1n) is 3.81. The van der Waals surface area contributed by atoms with Crippen LogP contribution in [0.25, 0.3) is 0 Å². The molecule has 0 fully saturated rings. The van der Waals surface area contributed by atoms with Gasteiger partial charge in [0.25, 0.3) is 0 Å². The molecule has 0 bridgehead atoms. The van der Waals surface area contributed by atoms with E-state index in [-0.39, 0.29) is 12.2 Å². The Labute approximate surface area is 71.1 Å². The highest BCUT2D eigenvalue weighted by molar-refractivity contribution is 5.81. The number of Topliss-reactive ketones (excluding diaryl/α,β-unsaturated/α-hetero) is 1. The van der Waals surface area contributed by atoms with Crippen molar-refractivity contribution in [3.63, 3.8) is 0 Å². The molecule has 4 heteroatoms. The van der Waals surface area contributed by atoms with Crippen molar-refractivity contribution in [1.82, 2.24) is 0 Å². The second-order valence-corrected chi connectivity index (χ2v) is 3.71. The molecule has 0 spiro atoms. The fraction of sp³-hybridized carbons (Fsp3) is 0.875. The fourth-order valence-corrected chi connectivity index (χ4v) is 0.800. The quantitative estimate of drug-likeness (QED) is 0.712. The first-order valence-corrected chi connectivity index (χ1v) is 3.81. The molecule has 0 radical (unpaired) electrons. The maximum Gasteiger partial charge on any atom is 0.243 e. The van der Waals surface area contributed by atoms with Crippen LogP contribution in [0.2, 0.25) is 0 Å². The zero-order valence-electron chi connectivity index (χ0n) is 7.60. The van der Waals surface area contributed by atoms with Gasteiger partial charge in [-0.15, -0.1) is 0 Å². The van der Waals surface area contributed by atoms with Crippen molar-refractivity contribution in [1.29, 1.82) is 0 Å². The van der Waals surface area contributed by atoms with Crippen LogP contribution in [0, 0.1) is 5.41 Å². The Bertz CT molecular complexity index is 168. The Kier molecular flexibility index (Phi) is 3.77. The Morgan fingerprint density at radius 2 is 1.92 bits per heavy atom. The third-order valence-corrected chi connectivity index (χ3v) is 1.86. The van der Waals surface area contributed by atoms with Crippen LogP contribution in [0.5, 0.6) is 0 Å². The summed E-state index contributed by atoms with van der Waals surface area (Å²) in [6.45, 7) is 4.12. The molecule has 0 rings (SSSR count). The molecule has 0 aliphatic carbocycles. The highest BCUT2D eigenvalue weighted by Crippen LogP contribution is 2.29. The van der Waals surface area contributed by atoms with Crippen molar-refractivity contribution >= 4 is 5.78 Å². The van der Waals surface area contributed by atoms with Crippen molar-refractivity contribution in [2.75, 3.05) is 0 Å². The minimum absolute atomic E-state index is 0.0278. The summed E-state index contributed by atoms with van der Waals surface area (Å²) < 4.78 is 24.5. The van der Waals surface area contributed by atoms with Gasteiger partial charge in [-0.2, -0.15) is 0 Å². The predicted octanol–water partition coefficient (Wildman–Crippen LogP) is 1.58. The van der Waals surface area contributed by atoms with E-state index in [1.54, 1.807) is 0 Å². The van der Waals surface area contributed by atoms with Crippen LogP contribution >= 0.6 is 0 Å². The highest BCUT2D eigenvalue weighted by Gasteiger charge is 2.32. The normalized spacial score (nSPS) is 14.9. The van der Waals surface area contributed by atoms with Crippen LogP contribution in [0.15, 0.2) is 0 Å². The topological polar surface area (TPSA) is 43.1 Å². The van der Waals surface area contributed by atoms with Gasteiger partial charge < -0.3 is 5.73 Å². The summed E-state index contributed by atoms with van der Waals surface area (Å²) in [5, 5.41) is 0. The summed E-state index contributed by atoms with van der Waals surface area (Å²) in [5.74, 6) is -0.247. The van der Waals surface area contributed by atoms with E-state index in [2.05, 4.69) is 0 Å². The van der Waals surface area contributed by atoms with Gasteiger partial charge >= 0.3 is 0 Å². The smallest absolute Gasteiger partial charge is 0.243 e. The second-order valence-electron chi connectivity index (χ2n) is 3.71. The zero-order valence-corrected chi connectivity index (χ0v) is 7.60. The average Bonchev–Trinajstić information content (AvgIpc) is 1.85. The van der Waals surface area contributed by atoms with E-state index < -0.39 is 17.9 Å². The van der Waals surface area contributed by atoms with Gasteiger partial charge in [0.15, 0.2) is 0 Å². The summed E-state index contributed by atoms with van der Waals surface area (Å²) in [7, 11) is 0. The molecular formula is C8H15F2NO. The molecule has 0 unspecified atom stereocenters.